The van der Waals surface area contributed by atoms with Crippen LogP contribution in [0, 0.1) is 5.92 Å². The summed E-state index contributed by atoms with van der Waals surface area (Å²) in [6.07, 6.45) is 3.85. The first kappa shape index (κ1) is 16.9. The van der Waals surface area contributed by atoms with E-state index in [1.165, 1.54) is 21.8 Å². The van der Waals surface area contributed by atoms with Gasteiger partial charge in [0.1, 0.15) is 0 Å². The molecule has 0 radical (unpaired) electrons. The maximum Gasteiger partial charge on any atom is 0.229 e. The van der Waals surface area contributed by atoms with Crippen LogP contribution in [0.3, 0.4) is 0 Å². The van der Waals surface area contributed by atoms with Crippen LogP contribution in [-0.4, -0.2) is 21.1 Å². The number of H-pyrrole nitrogens is 1. The lowest BCUT2D eigenvalue weighted by Gasteiger charge is -2.07. The van der Waals surface area contributed by atoms with Crippen LogP contribution in [0.2, 0.25) is 0 Å². The van der Waals surface area contributed by atoms with E-state index in [1.54, 1.807) is 11.3 Å². The van der Waals surface area contributed by atoms with Crippen LogP contribution >= 0.6 is 22.7 Å². The second kappa shape index (κ2) is 6.50. The molecule has 3 aromatic heterocycles. The van der Waals surface area contributed by atoms with Crippen LogP contribution in [0.5, 0.6) is 0 Å². The Balaban J connectivity index is 1.44. The van der Waals surface area contributed by atoms with Crippen LogP contribution < -0.4 is 5.32 Å². The van der Waals surface area contributed by atoms with Gasteiger partial charge >= 0.3 is 0 Å². The second-order valence-corrected chi connectivity index (χ2v) is 9.28. The van der Waals surface area contributed by atoms with Crippen molar-refractivity contribution in [2.75, 3.05) is 5.32 Å². The molecule has 1 aliphatic carbocycles. The van der Waals surface area contributed by atoms with Crippen molar-refractivity contribution in [1.82, 2.24) is 15.2 Å². The molecule has 1 fully saturated rings. The average molecular weight is 417 g/mol. The van der Waals surface area contributed by atoms with Gasteiger partial charge in [0.15, 0.2) is 5.13 Å². The van der Waals surface area contributed by atoms with Crippen molar-refractivity contribution in [1.29, 1.82) is 0 Å². The summed E-state index contributed by atoms with van der Waals surface area (Å²) < 4.78 is 1.06. The van der Waals surface area contributed by atoms with Crippen molar-refractivity contribution in [3.8, 4) is 21.6 Å². The fourth-order valence-electron chi connectivity index (χ4n) is 3.57. The predicted octanol–water partition coefficient (Wildman–Crippen LogP) is 5.92. The van der Waals surface area contributed by atoms with Gasteiger partial charge in [-0.15, -0.1) is 11.3 Å². The summed E-state index contributed by atoms with van der Waals surface area (Å²) in [6.45, 7) is 0. The number of anilines is 1. The number of thiazole rings is 1. The van der Waals surface area contributed by atoms with Gasteiger partial charge in [0.05, 0.1) is 21.9 Å². The number of thiophene rings is 1. The van der Waals surface area contributed by atoms with Crippen molar-refractivity contribution in [3.05, 3.63) is 54.0 Å². The first-order chi connectivity index (χ1) is 14.2. The van der Waals surface area contributed by atoms with Gasteiger partial charge in [0, 0.05) is 16.2 Å². The molecule has 0 bridgehead atoms. The highest BCUT2D eigenvalue weighted by Gasteiger charge is 2.30. The van der Waals surface area contributed by atoms with E-state index >= 15 is 0 Å². The summed E-state index contributed by atoms with van der Waals surface area (Å²) in [7, 11) is 0. The minimum absolute atomic E-state index is 0.0908. The lowest BCUT2D eigenvalue weighted by molar-refractivity contribution is -0.117. The van der Waals surface area contributed by atoms with Crippen molar-refractivity contribution in [3.63, 3.8) is 0 Å². The van der Waals surface area contributed by atoms with E-state index in [-0.39, 0.29) is 11.8 Å². The number of fused-ring (bicyclic) bond motifs is 2. The van der Waals surface area contributed by atoms with Gasteiger partial charge in [-0.3, -0.25) is 9.89 Å². The average Bonchev–Trinajstić information content (AvgIpc) is 3.11. The zero-order valence-electron chi connectivity index (χ0n) is 15.3. The molecule has 0 spiro atoms. The largest absolute Gasteiger partial charge is 0.302 e. The highest BCUT2D eigenvalue weighted by molar-refractivity contribution is 7.22. The maximum absolute atomic E-state index is 12.1. The standard InChI is InChI=1S/C22H16N4OS2/c27-21(12-3-4-12)25-22-24-17-6-5-13(10-20(17)29-22)15-8-14(19-2-1-7-28-19)9-18-16(15)11-23-26-18/h1-2,5-12H,3-4H2,(H,23,26)(H,24,25,27). The molecule has 2 N–H and O–H groups in total. The normalized spacial score (nSPS) is 13.9. The maximum atomic E-state index is 12.1. The number of aromatic nitrogens is 3. The van der Waals surface area contributed by atoms with E-state index in [4.69, 9.17) is 0 Å². The zero-order valence-corrected chi connectivity index (χ0v) is 16.9. The molecule has 0 aliphatic heterocycles. The van der Waals surface area contributed by atoms with E-state index in [9.17, 15) is 4.79 Å². The first-order valence-electron chi connectivity index (χ1n) is 9.47. The Labute approximate surface area is 174 Å². The Morgan fingerprint density at radius 3 is 2.90 bits per heavy atom. The quantitative estimate of drug-likeness (QED) is 0.382. The number of nitrogens with zero attached hydrogens (tertiary/aromatic N) is 2. The monoisotopic (exact) mass is 416 g/mol. The molecule has 2 aromatic carbocycles. The molecule has 1 aliphatic rings. The molecule has 29 heavy (non-hydrogen) atoms. The predicted molar refractivity (Wildman–Crippen MR) is 119 cm³/mol. The van der Waals surface area contributed by atoms with Crippen LogP contribution in [0.1, 0.15) is 12.8 Å². The highest BCUT2D eigenvalue weighted by atomic mass is 32.1. The summed E-state index contributed by atoms with van der Waals surface area (Å²) in [5.74, 6) is 0.264. The van der Waals surface area contributed by atoms with Crippen LogP contribution in [0.25, 0.3) is 42.7 Å². The molecule has 7 heteroatoms. The number of hydrogen-bond acceptors (Lipinski definition) is 5. The molecule has 1 saturated carbocycles. The molecule has 0 unspecified atom stereocenters. The molecule has 5 aromatic rings. The Kier molecular flexibility index (Phi) is 3.79. The van der Waals surface area contributed by atoms with Gasteiger partial charge in [0.25, 0.3) is 0 Å². The molecule has 3 heterocycles. The number of rotatable bonds is 4. The molecule has 1 amide bonds. The lowest BCUT2D eigenvalue weighted by Crippen LogP contribution is -2.12. The molecule has 0 saturated heterocycles. The Bertz CT molecular complexity index is 1360. The highest BCUT2D eigenvalue weighted by Crippen LogP contribution is 2.38. The first-order valence-corrected chi connectivity index (χ1v) is 11.2. The fraction of sp³-hybridized carbons (Fsp3) is 0.136. The Morgan fingerprint density at radius 2 is 2.07 bits per heavy atom. The van der Waals surface area contributed by atoms with Gasteiger partial charge in [0.2, 0.25) is 5.91 Å². The zero-order chi connectivity index (χ0) is 19.4. The van der Waals surface area contributed by atoms with Crippen molar-refractivity contribution >= 4 is 54.8 Å². The SMILES string of the molecule is O=C(Nc1nc2ccc(-c3cc(-c4cccs4)cc4[nH]ncc34)cc2s1)C1CC1. The number of hydrogen-bond donors (Lipinski definition) is 2. The minimum Gasteiger partial charge on any atom is -0.302 e. The Hall–Kier alpha value is -3.03. The third-order valence-corrected chi connectivity index (χ3v) is 7.09. The third kappa shape index (κ3) is 3.03. The summed E-state index contributed by atoms with van der Waals surface area (Å²) in [6, 6.07) is 14.8. The number of amides is 1. The van der Waals surface area contributed by atoms with Crippen molar-refractivity contribution < 1.29 is 4.79 Å². The van der Waals surface area contributed by atoms with E-state index in [0.29, 0.717) is 5.13 Å². The third-order valence-electron chi connectivity index (χ3n) is 5.24. The second-order valence-electron chi connectivity index (χ2n) is 7.30. The van der Waals surface area contributed by atoms with Gasteiger partial charge in [-0.1, -0.05) is 23.5 Å². The van der Waals surface area contributed by atoms with E-state index in [1.807, 2.05) is 12.3 Å². The number of carbonyl (C=O) groups is 1. The van der Waals surface area contributed by atoms with E-state index in [0.717, 1.165) is 45.1 Å². The van der Waals surface area contributed by atoms with Crippen molar-refractivity contribution in [2.45, 2.75) is 12.8 Å². The summed E-state index contributed by atoms with van der Waals surface area (Å²) >= 11 is 3.25. The molecule has 5 nitrogen and oxygen atoms in total. The molecule has 0 atom stereocenters. The topological polar surface area (TPSA) is 70.7 Å². The Morgan fingerprint density at radius 1 is 1.14 bits per heavy atom. The van der Waals surface area contributed by atoms with E-state index < -0.39 is 0 Å². The summed E-state index contributed by atoms with van der Waals surface area (Å²) in [4.78, 5) is 17.9. The number of nitrogens with one attached hydrogen (secondary N) is 2. The number of carbonyl (C=O) groups excluding carboxylic acids is 1. The van der Waals surface area contributed by atoms with Gasteiger partial charge in [-0.25, -0.2) is 4.98 Å². The smallest absolute Gasteiger partial charge is 0.229 e. The van der Waals surface area contributed by atoms with Crippen molar-refractivity contribution in [2.24, 2.45) is 5.92 Å². The molecule has 6 rings (SSSR count). The minimum atomic E-state index is 0.0908. The number of benzene rings is 2. The van der Waals surface area contributed by atoms with Crippen LogP contribution in [-0.2, 0) is 4.79 Å². The van der Waals surface area contributed by atoms with Gasteiger partial charge in [-0.2, -0.15) is 5.10 Å². The summed E-state index contributed by atoms with van der Waals surface area (Å²) in [5, 5.41) is 14.2. The van der Waals surface area contributed by atoms with E-state index in [2.05, 4.69) is 62.3 Å². The lowest BCUT2D eigenvalue weighted by atomic mass is 9.98. The molecule has 142 valence electrons. The number of aromatic amines is 1. The van der Waals surface area contributed by atoms with Crippen LogP contribution in [0.15, 0.2) is 54.0 Å². The fourth-order valence-corrected chi connectivity index (χ4v) is 5.20. The molecular formula is C22H16N4OS2. The van der Waals surface area contributed by atoms with Gasteiger partial charge in [-0.05, 0) is 65.2 Å². The molecular weight excluding hydrogens is 400 g/mol. The summed E-state index contributed by atoms with van der Waals surface area (Å²) in [5.41, 5.74) is 5.36. The van der Waals surface area contributed by atoms with Gasteiger partial charge < -0.3 is 5.32 Å². The van der Waals surface area contributed by atoms with Crippen LogP contribution in [0.4, 0.5) is 5.13 Å².